The number of carbonyl (C=O) groups excluding carboxylic acids is 2. The van der Waals surface area contributed by atoms with Crippen LogP contribution in [0.25, 0.3) is 22.0 Å². The van der Waals surface area contributed by atoms with E-state index in [9.17, 15) is 9.59 Å². The van der Waals surface area contributed by atoms with Crippen LogP contribution in [0, 0.1) is 0 Å². The van der Waals surface area contributed by atoms with Crippen molar-refractivity contribution < 1.29 is 19.1 Å². The quantitative estimate of drug-likeness (QED) is 0.389. The summed E-state index contributed by atoms with van der Waals surface area (Å²) in [7, 11) is 1.62. The highest BCUT2D eigenvalue weighted by Crippen LogP contribution is 2.31. The second-order valence-electron chi connectivity index (χ2n) is 8.65. The van der Waals surface area contributed by atoms with Gasteiger partial charge in [-0.15, -0.1) is 0 Å². The predicted octanol–water partition coefficient (Wildman–Crippen LogP) is 5.25. The van der Waals surface area contributed by atoms with Gasteiger partial charge in [-0.25, -0.2) is 0 Å². The van der Waals surface area contributed by atoms with Gasteiger partial charge in [0.2, 0.25) is 19.1 Å². The molecule has 37 heavy (non-hydrogen) atoms. The summed E-state index contributed by atoms with van der Waals surface area (Å²) in [6.45, 7) is 5.73. The Bertz CT molecular complexity index is 1330. The predicted molar refractivity (Wildman–Crippen MR) is 145 cm³/mol. The summed E-state index contributed by atoms with van der Waals surface area (Å²) in [5.41, 5.74) is 5.87. The van der Waals surface area contributed by atoms with E-state index in [1.54, 1.807) is 7.05 Å². The summed E-state index contributed by atoms with van der Waals surface area (Å²) in [4.78, 5) is 29.8. The standard InChI is InChI=1S/C21H21N3O2.C7H6O2.C2H6/c1-23(14-25)13-21(26)24-10-9-18-17-8-7-16(15-5-3-2-4-6-15)11-19(17)22-20(18)12-24;1-2-4-7-6(3-1)8-5-9-7;1-2/h2-8,11,14,22H,9-10,12-13H2,1H3;1-4H,5H2;1-2H3. The second-order valence-corrected chi connectivity index (χ2v) is 8.65. The fourth-order valence-electron chi connectivity index (χ4n) is 4.47. The van der Waals surface area contributed by atoms with Crippen molar-refractivity contribution >= 4 is 23.2 Å². The zero-order valence-electron chi connectivity index (χ0n) is 21.6. The third-order valence-corrected chi connectivity index (χ3v) is 6.28. The van der Waals surface area contributed by atoms with Gasteiger partial charge >= 0.3 is 0 Å². The smallest absolute Gasteiger partial charge is 0.242 e. The lowest BCUT2D eigenvalue weighted by atomic mass is 10.00. The molecule has 0 aliphatic carbocycles. The number of rotatable bonds is 4. The molecule has 0 radical (unpaired) electrons. The Hall–Kier alpha value is -4.26. The first kappa shape index (κ1) is 25.8. The summed E-state index contributed by atoms with van der Waals surface area (Å²) in [5, 5.41) is 1.23. The molecule has 0 bridgehead atoms. The molecule has 2 aliphatic rings. The SMILES string of the molecule is CC.CN(C=O)CC(=O)N1CCc2c([nH]c3cc(-c4ccccc4)ccc23)C1.c1ccc2c(c1)OCO2. The number of benzene rings is 3. The number of fused-ring (bicyclic) bond motifs is 4. The molecule has 3 heterocycles. The molecule has 0 unspecified atom stereocenters. The zero-order chi connectivity index (χ0) is 26.2. The highest BCUT2D eigenvalue weighted by molar-refractivity contribution is 5.89. The van der Waals surface area contributed by atoms with E-state index in [0.29, 0.717) is 26.3 Å². The van der Waals surface area contributed by atoms with Crippen LogP contribution in [0.1, 0.15) is 25.1 Å². The van der Waals surface area contributed by atoms with Gasteiger partial charge in [-0.2, -0.15) is 0 Å². The van der Waals surface area contributed by atoms with Gasteiger partial charge in [0, 0.05) is 30.2 Å². The first-order valence-electron chi connectivity index (χ1n) is 12.6. The van der Waals surface area contributed by atoms with E-state index in [2.05, 4.69) is 35.3 Å². The largest absolute Gasteiger partial charge is 0.454 e. The third kappa shape index (κ3) is 5.94. The van der Waals surface area contributed by atoms with Gasteiger partial charge in [0.05, 0.1) is 13.1 Å². The maximum absolute atomic E-state index is 12.3. The van der Waals surface area contributed by atoms with Crippen LogP contribution in [-0.4, -0.2) is 54.0 Å². The minimum Gasteiger partial charge on any atom is -0.454 e. The van der Waals surface area contributed by atoms with Gasteiger partial charge in [-0.3, -0.25) is 9.59 Å². The molecule has 0 spiro atoms. The Kier molecular flexibility index (Phi) is 8.46. The Morgan fingerprint density at radius 1 is 0.973 bits per heavy atom. The number of likely N-dealkylation sites (N-methyl/N-ethyl adjacent to an activating group) is 1. The molecule has 0 atom stereocenters. The van der Waals surface area contributed by atoms with Crippen molar-refractivity contribution in [2.24, 2.45) is 0 Å². The molecule has 1 aromatic heterocycles. The van der Waals surface area contributed by atoms with Gasteiger partial charge in [0.25, 0.3) is 0 Å². The minimum absolute atomic E-state index is 0.0196. The van der Waals surface area contributed by atoms with E-state index in [-0.39, 0.29) is 12.5 Å². The maximum atomic E-state index is 12.3. The van der Waals surface area contributed by atoms with Crippen molar-refractivity contribution in [2.75, 3.05) is 26.9 Å². The first-order valence-corrected chi connectivity index (χ1v) is 12.6. The van der Waals surface area contributed by atoms with Crippen LogP contribution in [0.15, 0.2) is 72.8 Å². The lowest BCUT2D eigenvalue weighted by Crippen LogP contribution is -2.41. The molecule has 0 saturated heterocycles. The van der Waals surface area contributed by atoms with Crippen LogP contribution in [-0.2, 0) is 22.6 Å². The van der Waals surface area contributed by atoms with E-state index in [1.165, 1.54) is 27.0 Å². The molecular formula is C30H33N3O4. The molecule has 192 valence electrons. The number of ether oxygens (including phenoxy) is 2. The van der Waals surface area contributed by atoms with E-state index in [0.717, 1.165) is 29.1 Å². The minimum atomic E-state index is -0.0196. The molecule has 4 aromatic rings. The van der Waals surface area contributed by atoms with Gasteiger partial charge in [0.15, 0.2) is 11.5 Å². The van der Waals surface area contributed by atoms with Crippen LogP contribution in [0.2, 0.25) is 0 Å². The molecule has 2 aliphatic heterocycles. The number of para-hydroxylation sites is 2. The number of hydrogen-bond acceptors (Lipinski definition) is 4. The van der Waals surface area contributed by atoms with Crippen LogP contribution in [0.3, 0.4) is 0 Å². The average molecular weight is 500 g/mol. The van der Waals surface area contributed by atoms with Crippen molar-refractivity contribution in [1.29, 1.82) is 0 Å². The summed E-state index contributed by atoms with van der Waals surface area (Å²) < 4.78 is 10.2. The van der Waals surface area contributed by atoms with Gasteiger partial charge < -0.3 is 24.3 Å². The maximum Gasteiger partial charge on any atom is 0.242 e. The number of aromatic nitrogens is 1. The van der Waals surface area contributed by atoms with Gasteiger partial charge in [0.1, 0.15) is 0 Å². The van der Waals surface area contributed by atoms with Crippen molar-refractivity contribution in [3.8, 4) is 22.6 Å². The van der Waals surface area contributed by atoms with Crippen LogP contribution >= 0.6 is 0 Å². The van der Waals surface area contributed by atoms with Crippen molar-refractivity contribution in [2.45, 2.75) is 26.8 Å². The van der Waals surface area contributed by atoms with Crippen molar-refractivity contribution in [1.82, 2.24) is 14.8 Å². The fourth-order valence-corrected chi connectivity index (χ4v) is 4.47. The van der Waals surface area contributed by atoms with Crippen LogP contribution in [0.5, 0.6) is 11.5 Å². The lowest BCUT2D eigenvalue weighted by Gasteiger charge is -2.28. The molecule has 0 saturated carbocycles. The highest BCUT2D eigenvalue weighted by atomic mass is 16.7. The molecule has 7 nitrogen and oxygen atoms in total. The number of nitrogens with zero attached hydrogens (tertiary/aromatic N) is 2. The number of carbonyl (C=O) groups is 2. The number of aromatic amines is 1. The van der Waals surface area contributed by atoms with E-state index < -0.39 is 0 Å². The highest BCUT2D eigenvalue weighted by Gasteiger charge is 2.24. The Labute approximate surface area is 217 Å². The Morgan fingerprint density at radius 2 is 1.65 bits per heavy atom. The Morgan fingerprint density at radius 3 is 2.32 bits per heavy atom. The molecule has 3 aromatic carbocycles. The van der Waals surface area contributed by atoms with E-state index in [4.69, 9.17) is 9.47 Å². The van der Waals surface area contributed by atoms with Crippen LogP contribution < -0.4 is 9.47 Å². The van der Waals surface area contributed by atoms with Gasteiger partial charge in [-0.05, 0) is 41.3 Å². The lowest BCUT2D eigenvalue weighted by molar-refractivity contribution is -0.135. The molecule has 6 rings (SSSR count). The van der Waals surface area contributed by atoms with E-state index >= 15 is 0 Å². The summed E-state index contributed by atoms with van der Waals surface area (Å²) in [6.07, 6.45) is 1.51. The number of amides is 2. The van der Waals surface area contributed by atoms with Crippen LogP contribution in [0.4, 0.5) is 0 Å². The van der Waals surface area contributed by atoms with Crippen molar-refractivity contribution in [3.63, 3.8) is 0 Å². The molecule has 1 N–H and O–H groups in total. The fraction of sp³-hybridized carbons (Fsp3) is 0.267. The number of hydrogen-bond donors (Lipinski definition) is 1. The zero-order valence-corrected chi connectivity index (χ0v) is 21.6. The average Bonchev–Trinajstić information content (AvgIpc) is 3.58. The Balaban J connectivity index is 0.000000242. The molecule has 2 amide bonds. The topological polar surface area (TPSA) is 74.9 Å². The number of H-pyrrole nitrogens is 1. The summed E-state index contributed by atoms with van der Waals surface area (Å²) >= 11 is 0. The normalized spacial score (nSPS) is 13.0. The third-order valence-electron chi connectivity index (χ3n) is 6.28. The van der Waals surface area contributed by atoms with Crippen molar-refractivity contribution in [3.05, 3.63) is 84.1 Å². The summed E-state index contributed by atoms with van der Waals surface area (Å²) in [6, 6.07) is 24.4. The summed E-state index contributed by atoms with van der Waals surface area (Å²) in [5.74, 6) is 1.67. The van der Waals surface area contributed by atoms with Gasteiger partial charge in [-0.1, -0.05) is 68.4 Å². The van der Waals surface area contributed by atoms with E-state index in [1.807, 2.05) is 61.2 Å². The number of nitrogens with one attached hydrogen (secondary N) is 1. The second kappa shape index (κ2) is 12.1. The first-order chi connectivity index (χ1) is 18.1. The monoisotopic (exact) mass is 499 g/mol. The molecular weight excluding hydrogens is 466 g/mol. The molecule has 7 heteroatoms. The molecule has 0 fully saturated rings.